The predicted octanol–water partition coefficient (Wildman–Crippen LogP) is 9.25. The molecule has 32 heavy (non-hydrogen) atoms. The van der Waals surface area contributed by atoms with Crippen LogP contribution in [0.2, 0.25) is 19.6 Å². The Bertz CT molecular complexity index is 689. The molecule has 0 heterocycles. The molecule has 3 fully saturated rings. The largest absolute Gasteiger partial charge is 0.414 e. The van der Waals surface area contributed by atoms with Crippen molar-refractivity contribution in [2.24, 2.45) is 46.3 Å². The number of rotatable bonds is 7. The zero-order valence-electron chi connectivity index (χ0n) is 22.8. The molecule has 4 rings (SSSR count). The Morgan fingerprint density at radius 3 is 2.41 bits per heavy atom. The van der Waals surface area contributed by atoms with E-state index >= 15 is 0 Å². The lowest BCUT2D eigenvalue weighted by Crippen LogP contribution is -2.51. The summed E-state index contributed by atoms with van der Waals surface area (Å²) in [5, 5.41) is 0. The molecule has 0 amide bonds. The molecular weight excluding hydrogens is 404 g/mol. The monoisotopic (exact) mass is 458 g/mol. The Labute approximate surface area is 201 Å². The highest BCUT2D eigenvalue weighted by atomic mass is 28.4. The minimum absolute atomic E-state index is 0.463. The molecule has 8 atom stereocenters. The SMILES string of the molecule is CC(C)CCC[C@@H](C)[C@H]1CC[C@H]2[C@@H]3CC=C4CC(O[Si](C)(C)C)CC[C@]4(C)[C@H]3CC[C@]12C. The summed E-state index contributed by atoms with van der Waals surface area (Å²) in [5.74, 6) is 5.61. The van der Waals surface area contributed by atoms with Crippen LogP contribution in [0.4, 0.5) is 0 Å². The second-order valence-corrected chi connectivity index (χ2v) is 18.8. The maximum absolute atomic E-state index is 6.58. The van der Waals surface area contributed by atoms with E-state index in [0.717, 1.165) is 35.5 Å². The Balaban J connectivity index is 1.46. The number of allylic oxidation sites excluding steroid dienone is 1. The van der Waals surface area contributed by atoms with Crippen LogP contribution in [0.25, 0.3) is 0 Å². The van der Waals surface area contributed by atoms with E-state index in [2.05, 4.69) is 60.3 Å². The molecule has 0 radical (unpaired) electrons. The van der Waals surface area contributed by atoms with Crippen LogP contribution in [-0.4, -0.2) is 14.4 Å². The quantitative estimate of drug-likeness (QED) is 0.273. The third-order valence-electron chi connectivity index (χ3n) is 10.8. The van der Waals surface area contributed by atoms with Gasteiger partial charge in [-0.15, -0.1) is 0 Å². The highest BCUT2D eigenvalue weighted by Crippen LogP contribution is 2.67. The summed E-state index contributed by atoms with van der Waals surface area (Å²) in [6.07, 6.45) is 18.8. The third kappa shape index (κ3) is 4.71. The fraction of sp³-hybridized carbons (Fsp3) is 0.933. The molecule has 1 unspecified atom stereocenters. The van der Waals surface area contributed by atoms with Crippen molar-refractivity contribution in [3.63, 3.8) is 0 Å². The first kappa shape index (κ1) is 25.0. The molecule has 2 heteroatoms. The van der Waals surface area contributed by atoms with Crippen molar-refractivity contribution < 1.29 is 4.43 Å². The van der Waals surface area contributed by atoms with Crippen LogP contribution in [0.15, 0.2) is 11.6 Å². The average Bonchev–Trinajstić information content (AvgIpc) is 3.04. The van der Waals surface area contributed by atoms with Crippen molar-refractivity contribution in [1.82, 2.24) is 0 Å². The van der Waals surface area contributed by atoms with E-state index in [-0.39, 0.29) is 0 Å². The van der Waals surface area contributed by atoms with E-state index in [0.29, 0.717) is 16.9 Å². The number of hydrogen-bond donors (Lipinski definition) is 0. The second-order valence-electron chi connectivity index (χ2n) is 14.4. The highest BCUT2D eigenvalue weighted by molar-refractivity contribution is 6.69. The molecule has 0 aliphatic heterocycles. The summed E-state index contributed by atoms with van der Waals surface area (Å²) in [6, 6.07) is 0. The van der Waals surface area contributed by atoms with Gasteiger partial charge in [0, 0.05) is 6.10 Å². The summed E-state index contributed by atoms with van der Waals surface area (Å²) in [7, 11) is -1.45. The summed E-state index contributed by atoms with van der Waals surface area (Å²) < 4.78 is 6.58. The fourth-order valence-electron chi connectivity index (χ4n) is 9.25. The second kappa shape index (κ2) is 9.18. The molecule has 0 aromatic carbocycles. The van der Waals surface area contributed by atoms with Gasteiger partial charge in [-0.05, 0) is 117 Å². The molecule has 0 aromatic heterocycles. The lowest BCUT2D eigenvalue weighted by Gasteiger charge is -2.58. The molecular formula is C30H54OSi. The van der Waals surface area contributed by atoms with Crippen LogP contribution in [-0.2, 0) is 4.43 Å². The molecule has 184 valence electrons. The molecule has 0 N–H and O–H groups in total. The van der Waals surface area contributed by atoms with Gasteiger partial charge in [-0.1, -0.05) is 65.5 Å². The van der Waals surface area contributed by atoms with Crippen LogP contribution in [0.3, 0.4) is 0 Å². The zero-order chi connectivity index (χ0) is 23.3. The van der Waals surface area contributed by atoms with E-state index in [4.69, 9.17) is 4.43 Å². The Hall–Kier alpha value is -0.0831. The fourth-order valence-corrected chi connectivity index (χ4v) is 10.5. The van der Waals surface area contributed by atoms with E-state index in [1.165, 1.54) is 70.6 Å². The number of hydrogen-bond acceptors (Lipinski definition) is 1. The van der Waals surface area contributed by atoms with Crippen LogP contribution >= 0.6 is 0 Å². The summed E-state index contributed by atoms with van der Waals surface area (Å²) in [5.41, 5.74) is 2.86. The van der Waals surface area contributed by atoms with Gasteiger partial charge >= 0.3 is 0 Å². The van der Waals surface area contributed by atoms with Crippen molar-refractivity contribution in [1.29, 1.82) is 0 Å². The lowest BCUT2D eigenvalue weighted by molar-refractivity contribution is -0.0563. The first-order valence-corrected chi connectivity index (χ1v) is 17.7. The third-order valence-corrected chi connectivity index (χ3v) is 11.8. The van der Waals surface area contributed by atoms with Crippen molar-refractivity contribution in [2.45, 2.75) is 131 Å². The molecule has 0 aromatic rings. The first-order chi connectivity index (χ1) is 14.9. The zero-order valence-corrected chi connectivity index (χ0v) is 23.8. The van der Waals surface area contributed by atoms with Gasteiger partial charge in [-0.25, -0.2) is 0 Å². The minimum Gasteiger partial charge on any atom is -0.414 e. The van der Waals surface area contributed by atoms with Crippen LogP contribution < -0.4 is 0 Å². The minimum atomic E-state index is -1.45. The van der Waals surface area contributed by atoms with E-state index in [1.54, 1.807) is 5.57 Å². The molecule has 1 nitrogen and oxygen atoms in total. The van der Waals surface area contributed by atoms with Gasteiger partial charge in [-0.2, -0.15) is 0 Å². The van der Waals surface area contributed by atoms with Crippen molar-refractivity contribution in [3.8, 4) is 0 Å². The molecule has 4 aliphatic carbocycles. The summed E-state index contributed by atoms with van der Waals surface area (Å²) in [6.45, 7) is 19.8. The highest BCUT2D eigenvalue weighted by Gasteiger charge is 2.59. The van der Waals surface area contributed by atoms with Gasteiger partial charge in [0.1, 0.15) is 0 Å². The summed E-state index contributed by atoms with van der Waals surface area (Å²) >= 11 is 0. The number of fused-ring (bicyclic) bond motifs is 5. The van der Waals surface area contributed by atoms with Crippen molar-refractivity contribution in [3.05, 3.63) is 11.6 Å². The topological polar surface area (TPSA) is 9.23 Å². The molecule has 3 saturated carbocycles. The molecule has 0 bridgehead atoms. The van der Waals surface area contributed by atoms with Crippen molar-refractivity contribution in [2.75, 3.05) is 0 Å². The predicted molar refractivity (Wildman–Crippen MR) is 141 cm³/mol. The standard InChI is InChI=1S/C30H54OSi/c1-21(2)10-9-11-22(3)26-14-15-27-25-13-12-23-20-24(31-32(6,7)8)16-18-29(23,4)28(25)17-19-30(26,27)5/h12,21-22,24-28H,9-11,13-20H2,1-8H3/t22-,24?,25+,26-,27+,28+,29+,30-/m1/s1. The molecule has 4 aliphatic rings. The van der Waals surface area contributed by atoms with Gasteiger partial charge in [-0.3, -0.25) is 0 Å². The van der Waals surface area contributed by atoms with E-state index in [9.17, 15) is 0 Å². The van der Waals surface area contributed by atoms with E-state index < -0.39 is 8.32 Å². The Kier molecular flexibility index (Phi) is 7.17. The van der Waals surface area contributed by atoms with Crippen LogP contribution in [0, 0.1) is 46.3 Å². The van der Waals surface area contributed by atoms with Crippen LogP contribution in [0.1, 0.15) is 105 Å². The Morgan fingerprint density at radius 2 is 1.72 bits per heavy atom. The van der Waals surface area contributed by atoms with Gasteiger partial charge in [0.15, 0.2) is 8.32 Å². The van der Waals surface area contributed by atoms with Crippen molar-refractivity contribution >= 4 is 8.32 Å². The average molecular weight is 459 g/mol. The van der Waals surface area contributed by atoms with Gasteiger partial charge in [0.2, 0.25) is 0 Å². The molecule has 0 saturated heterocycles. The van der Waals surface area contributed by atoms with Gasteiger partial charge in [0.25, 0.3) is 0 Å². The smallest absolute Gasteiger partial charge is 0.184 e. The lowest BCUT2D eigenvalue weighted by atomic mass is 9.47. The normalized spacial score (nSPS) is 42.8. The summed E-state index contributed by atoms with van der Waals surface area (Å²) in [4.78, 5) is 0. The molecule has 0 spiro atoms. The van der Waals surface area contributed by atoms with E-state index in [1.807, 2.05) is 0 Å². The van der Waals surface area contributed by atoms with Gasteiger partial charge < -0.3 is 4.43 Å². The maximum Gasteiger partial charge on any atom is 0.184 e. The Morgan fingerprint density at radius 1 is 0.969 bits per heavy atom. The van der Waals surface area contributed by atoms with Gasteiger partial charge in [0.05, 0.1) is 0 Å². The van der Waals surface area contributed by atoms with Crippen LogP contribution in [0.5, 0.6) is 0 Å². The maximum atomic E-state index is 6.58. The first-order valence-electron chi connectivity index (χ1n) is 14.3.